The van der Waals surface area contributed by atoms with Crippen LogP contribution < -0.4 is 10.1 Å². The maximum atomic E-state index is 12.2. The maximum absolute atomic E-state index is 12.2. The van der Waals surface area contributed by atoms with E-state index in [0.29, 0.717) is 0 Å². The third kappa shape index (κ3) is 3.92. The Morgan fingerprint density at radius 2 is 1.96 bits per heavy atom. The van der Waals surface area contributed by atoms with E-state index < -0.39 is 0 Å². The highest BCUT2D eigenvalue weighted by molar-refractivity contribution is 5.78. The van der Waals surface area contributed by atoms with Crippen molar-refractivity contribution in [1.29, 1.82) is 0 Å². The molecule has 1 unspecified atom stereocenters. The summed E-state index contributed by atoms with van der Waals surface area (Å²) in [5.74, 6) is 0.674. The van der Waals surface area contributed by atoms with Crippen molar-refractivity contribution < 1.29 is 9.53 Å². The highest BCUT2D eigenvalue weighted by Gasteiger charge is 2.21. The minimum absolute atomic E-state index is 0.0597. The molecule has 0 aromatic heterocycles. The average molecular weight is 309 g/mol. The lowest BCUT2D eigenvalue weighted by atomic mass is 9.88. The molecule has 120 valence electrons. The van der Waals surface area contributed by atoms with Gasteiger partial charge < -0.3 is 10.1 Å². The third-order valence-electron chi connectivity index (χ3n) is 4.41. The van der Waals surface area contributed by atoms with Gasteiger partial charge in [0.15, 0.2) is 6.61 Å². The van der Waals surface area contributed by atoms with E-state index in [4.69, 9.17) is 4.74 Å². The molecule has 23 heavy (non-hydrogen) atoms. The summed E-state index contributed by atoms with van der Waals surface area (Å²) in [5.41, 5.74) is 3.86. The van der Waals surface area contributed by atoms with Crippen LogP contribution in [0.25, 0.3) is 0 Å². The first-order chi connectivity index (χ1) is 11.3. The fourth-order valence-electron chi connectivity index (χ4n) is 3.11. The van der Waals surface area contributed by atoms with E-state index in [2.05, 4.69) is 30.4 Å². The molecule has 0 spiro atoms. The average Bonchev–Trinajstić information content (AvgIpc) is 2.61. The molecule has 0 saturated heterocycles. The second-order valence-electron chi connectivity index (χ2n) is 6.00. The quantitative estimate of drug-likeness (QED) is 0.912. The standard InChI is InChI=1S/C20H23NO2/c1-2-15-10-12-17(13-11-15)23-14-20(22)21-19-9-5-7-16-6-3-4-8-18(16)19/h3-4,6,8,10-13,19H,2,5,7,9,14H2,1H3,(H,21,22). The zero-order chi connectivity index (χ0) is 16.1. The Labute approximate surface area is 137 Å². The molecular weight excluding hydrogens is 286 g/mol. The van der Waals surface area contributed by atoms with E-state index in [9.17, 15) is 4.79 Å². The number of aryl methyl sites for hydroxylation is 2. The number of fused-ring (bicyclic) bond motifs is 1. The molecule has 1 amide bonds. The number of amides is 1. The number of benzene rings is 2. The van der Waals surface area contributed by atoms with Crippen molar-refractivity contribution in [1.82, 2.24) is 5.32 Å². The number of carbonyl (C=O) groups excluding carboxylic acids is 1. The Kier molecular flexibility index (Phi) is 4.96. The SMILES string of the molecule is CCc1ccc(OCC(=O)NC2CCCc3ccccc32)cc1. The van der Waals surface area contributed by atoms with E-state index in [1.165, 1.54) is 16.7 Å². The van der Waals surface area contributed by atoms with Gasteiger partial charge in [0.1, 0.15) is 5.75 Å². The molecule has 0 radical (unpaired) electrons. The summed E-state index contributed by atoms with van der Waals surface area (Å²) in [7, 11) is 0. The van der Waals surface area contributed by atoms with Crippen LogP contribution in [0.3, 0.4) is 0 Å². The van der Waals surface area contributed by atoms with E-state index in [0.717, 1.165) is 31.4 Å². The van der Waals surface area contributed by atoms with Crippen LogP contribution in [0, 0.1) is 0 Å². The van der Waals surface area contributed by atoms with Crippen LogP contribution in [0.15, 0.2) is 48.5 Å². The molecule has 0 bridgehead atoms. The Morgan fingerprint density at radius 3 is 2.74 bits per heavy atom. The molecule has 1 aliphatic rings. The fraction of sp³-hybridized carbons (Fsp3) is 0.350. The fourth-order valence-corrected chi connectivity index (χ4v) is 3.11. The topological polar surface area (TPSA) is 38.3 Å². The van der Waals surface area contributed by atoms with Crippen molar-refractivity contribution in [2.45, 2.75) is 38.6 Å². The van der Waals surface area contributed by atoms with Crippen LogP contribution >= 0.6 is 0 Å². The molecule has 1 aliphatic carbocycles. The van der Waals surface area contributed by atoms with Crippen molar-refractivity contribution in [2.24, 2.45) is 0 Å². The number of nitrogens with one attached hydrogen (secondary N) is 1. The highest BCUT2D eigenvalue weighted by atomic mass is 16.5. The first-order valence-electron chi connectivity index (χ1n) is 8.35. The summed E-state index contributed by atoms with van der Waals surface area (Å²) < 4.78 is 5.58. The lowest BCUT2D eigenvalue weighted by molar-refractivity contribution is -0.123. The van der Waals surface area contributed by atoms with Gasteiger partial charge in [0.2, 0.25) is 0 Å². The van der Waals surface area contributed by atoms with Crippen molar-refractivity contribution in [2.75, 3.05) is 6.61 Å². The highest BCUT2D eigenvalue weighted by Crippen LogP contribution is 2.29. The molecule has 0 aliphatic heterocycles. The second-order valence-corrected chi connectivity index (χ2v) is 6.00. The van der Waals surface area contributed by atoms with Gasteiger partial charge in [0, 0.05) is 0 Å². The zero-order valence-corrected chi connectivity index (χ0v) is 13.5. The largest absolute Gasteiger partial charge is 0.484 e. The summed E-state index contributed by atoms with van der Waals surface area (Å²) in [5, 5.41) is 3.10. The van der Waals surface area contributed by atoms with Crippen LogP contribution in [0.1, 0.15) is 42.5 Å². The van der Waals surface area contributed by atoms with Gasteiger partial charge >= 0.3 is 0 Å². The molecular formula is C20H23NO2. The summed E-state index contributed by atoms with van der Waals surface area (Å²) in [6.07, 6.45) is 4.21. The molecule has 0 saturated carbocycles. The van der Waals surface area contributed by atoms with E-state index >= 15 is 0 Å². The minimum atomic E-state index is -0.0636. The zero-order valence-electron chi connectivity index (χ0n) is 13.5. The monoisotopic (exact) mass is 309 g/mol. The van der Waals surface area contributed by atoms with Crippen LogP contribution in [0.4, 0.5) is 0 Å². The van der Waals surface area contributed by atoms with Crippen LogP contribution in [0.2, 0.25) is 0 Å². The number of ether oxygens (including phenoxy) is 1. The maximum Gasteiger partial charge on any atom is 0.258 e. The molecule has 1 N–H and O–H groups in total. The number of hydrogen-bond acceptors (Lipinski definition) is 2. The minimum Gasteiger partial charge on any atom is -0.484 e. The first kappa shape index (κ1) is 15.6. The van der Waals surface area contributed by atoms with Crippen molar-refractivity contribution in [3.05, 3.63) is 65.2 Å². The molecule has 3 heteroatoms. The van der Waals surface area contributed by atoms with Crippen LogP contribution in [-0.2, 0) is 17.6 Å². The summed E-state index contributed by atoms with van der Waals surface area (Å²) in [4.78, 5) is 12.2. The molecule has 3 rings (SSSR count). The lowest BCUT2D eigenvalue weighted by Crippen LogP contribution is -2.34. The molecule has 2 aromatic rings. The Morgan fingerprint density at radius 1 is 1.17 bits per heavy atom. The molecule has 0 fully saturated rings. The van der Waals surface area contributed by atoms with Gasteiger partial charge in [-0.2, -0.15) is 0 Å². The van der Waals surface area contributed by atoms with Crippen molar-refractivity contribution >= 4 is 5.91 Å². The number of hydrogen-bond donors (Lipinski definition) is 1. The molecule has 0 heterocycles. The third-order valence-corrected chi connectivity index (χ3v) is 4.41. The normalized spacial score (nSPS) is 16.5. The summed E-state index contributed by atoms with van der Waals surface area (Å²) in [6, 6.07) is 16.4. The Bertz CT molecular complexity index is 664. The van der Waals surface area contributed by atoms with Crippen LogP contribution in [-0.4, -0.2) is 12.5 Å². The predicted molar refractivity (Wildman–Crippen MR) is 91.6 cm³/mol. The van der Waals surface area contributed by atoms with Gasteiger partial charge in [-0.1, -0.05) is 43.3 Å². The number of rotatable bonds is 5. The molecule has 2 aromatic carbocycles. The van der Waals surface area contributed by atoms with Crippen molar-refractivity contribution in [3.8, 4) is 5.75 Å². The van der Waals surface area contributed by atoms with Gasteiger partial charge in [-0.15, -0.1) is 0 Å². The Balaban J connectivity index is 1.55. The van der Waals surface area contributed by atoms with Gasteiger partial charge in [0.05, 0.1) is 6.04 Å². The van der Waals surface area contributed by atoms with Gasteiger partial charge in [0.25, 0.3) is 5.91 Å². The van der Waals surface area contributed by atoms with E-state index in [-0.39, 0.29) is 18.6 Å². The van der Waals surface area contributed by atoms with Crippen molar-refractivity contribution in [3.63, 3.8) is 0 Å². The lowest BCUT2D eigenvalue weighted by Gasteiger charge is -2.26. The first-order valence-corrected chi connectivity index (χ1v) is 8.35. The predicted octanol–water partition coefficient (Wildman–Crippen LogP) is 3.82. The van der Waals surface area contributed by atoms with Crippen LogP contribution in [0.5, 0.6) is 5.75 Å². The molecule has 1 atom stereocenters. The summed E-state index contributed by atoms with van der Waals surface area (Å²) >= 11 is 0. The second kappa shape index (κ2) is 7.32. The Hall–Kier alpha value is -2.29. The van der Waals surface area contributed by atoms with E-state index in [1.807, 2.05) is 30.3 Å². The van der Waals surface area contributed by atoms with E-state index in [1.54, 1.807) is 0 Å². The van der Waals surface area contributed by atoms with Gasteiger partial charge in [-0.25, -0.2) is 0 Å². The summed E-state index contributed by atoms with van der Waals surface area (Å²) in [6.45, 7) is 2.18. The number of carbonyl (C=O) groups is 1. The van der Waals surface area contributed by atoms with Gasteiger partial charge in [-0.05, 0) is 54.5 Å². The van der Waals surface area contributed by atoms with Gasteiger partial charge in [-0.3, -0.25) is 4.79 Å². The molecule has 3 nitrogen and oxygen atoms in total. The smallest absolute Gasteiger partial charge is 0.258 e.